The van der Waals surface area contributed by atoms with Gasteiger partial charge in [0.1, 0.15) is 5.82 Å². The van der Waals surface area contributed by atoms with Gasteiger partial charge in [-0.2, -0.15) is 10.2 Å². The normalized spacial score (nSPS) is 10.9. The van der Waals surface area contributed by atoms with Crippen LogP contribution in [0.3, 0.4) is 0 Å². The Labute approximate surface area is 97.4 Å². The van der Waals surface area contributed by atoms with Gasteiger partial charge >= 0.3 is 0 Å². The molecule has 0 unspecified atom stereocenters. The van der Waals surface area contributed by atoms with E-state index in [0.29, 0.717) is 16.4 Å². The fourth-order valence-corrected chi connectivity index (χ4v) is 1.26. The zero-order valence-corrected chi connectivity index (χ0v) is 9.03. The van der Waals surface area contributed by atoms with Crippen molar-refractivity contribution in [2.75, 3.05) is 0 Å². The van der Waals surface area contributed by atoms with Gasteiger partial charge in [0.15, 0.2) is 0 Å². The summed E-state index contributed by atoms with van der Waals surface area (Å²) in [6.45, 7) is 0. The lowest BCUT2D eigenvalue weighted by molar-refractivity contribution is 0.628. The molecule has 0 spiro atoms. The van der Waals surface area contributed by atoms with Crippen LogP contribution in [0.4, 0.5) is 15.8 Å². The first-order valence-corrected chi connectivity index (χ1v) is 5.05. The maximum atomic E-state index is 12.6. The molecule has 0 aromatic heterocycles. The minimum Gasteiger partial charge on any atom is -0.207 e. The molecule has 80 valence electrons. The molecule has 0 N–H and O–H groups in total. The van der Waals surface area contributed by atoms with Crippen LogP contribution >= 0.6 is 11.6 Å². The fourth-order valence-electron chi connectivity index (χ4n) is 1.13. The average Bonchev–Trinajstić information content (AvgIpc) is 2.30. The Morgan fingerprint density at radius 3 is 1.69 bits per heavy atom. The van der Waals surface area contributed by atoms with Crippen LogP contribution in [-0.4, -0.2) is 0 Å². The molecule has 2 aromatic rings. The molecule has 2 nitrogen and oxygen atoms in total. The summed E-state index contributed by atoms with van der Waals surface area (Å²) in [4.78, 5) is 0. The molecule has 0 saturated carbocycles. The predicted molar refractivity (Wildman–Crippen MR) is 62.0 cm³/mol. The van der Waals surface area contributed by atoms with E-state index in [2.05, 4.69) is 10.2 Å². The van der Waals surface area contributed by atoms with Crippen LogP contribution in [0.5, 0.6) is 0 Å². The lowest BCUT2D eigenvalue weighted by atomic mass is 10.3. The van der Waals surface area contributed by atoms with Crippen LogP contribution in [0.1, 0.15) is 0 Å². The third-order valence-corrected chi connectivity index (χ3v) is 2.19. The van der Waals surface area contributed by atoms with Crippen LogP contribution in [0.15, 0.2) is 58.8 Å². The van der Waals surface area contributed by atoms with E-state index < -0.39 is 0 Å². The van der Waals surface area contributed by atoms with Gasteiger partial charge in [0.2, 0.25) is 0 Å². The van der Waals surface area contributed by atoms with Gasteiger partial charge in [0, 0.05) is 5.02 Å². The fraction of sp³-hybridized carbons (Fsp3) is 0. The summed E-state index contributed by atoms with van der Waals surface area (Å²) < 4.78 is 12.6. The first-order chi connectivity index (χ1) is 7.74. The molecule has 0 heterocycles. The number of nitrogens with zero attached hydrogens (tertiary/aromatic N) is 2. The van der Waals surface area contributed by atoms with E-state index in [-0.39, 0.29) is 5.82 Å². The highest BCUT2D eigenvalue weighted by Crippen LogP contribution is 2.20. The van der Waals surface area contributed by atoms with Gasteiger partial charge in [0.25, 0.3) is 0 Å². The zero-order chi connectivity index (χ0) is 11.4. The van der Waals surface area contributed by atoms with Crippen molar-refractivity contribution in [1.29, 1.82) is 0 Å². The third kappa shape index (κ3) is 2.87. The quantitative estimate of drug-likeness (QED) is 0.661. The Morgan fingerprint density at radius 1 is 0.750 bits per heavy atom. The second kappa shape index (κ2) is 4.86. The minimum atomic E-state index is -0.287. The first kappa shape index (κ1) is 10.8. The smallest absolute Gasteiger partial charge is 0.123 e. The molecule has 0 radical (unpaired) electrons. The molecular weight excluding hydrogens is 227 g/mol. The van der Waals surface area contributed by atoms with Gasteiger partial charge in [-0.3, -0.25) is 0 Å². The molecule has 0 amide bonds. The second-order valence-corrected chi connectivity index (χ2v) is 3.59. The average molecular weight is 235 g/mol. The van der Waals surface area contributed by atoms with Crippen molar-refractivity contribution in [2.24, 2.45) is 10.2 Å². The topological polar surface area (TPSA) is 24.7 Å². The molecule has 2 rings (SSSR count). The van der Waals surface area contributed by atoms with Crippen LogP contribution in [0, 0.1) is 5.82 Å². The lowest BCUT2D eigenvalue weighted by Crippen LogP contribution is -1.69. The van der Waals surface area contributed by atoms with Gasteiger partial charge in [-0.15, -0.1) is 0 Å². The van der Waals surface area contributed by atoms with Crippen molar-refractivity contribution < 1.29 is 4.39 Å². The van der Waals surface area contributed by atoms with E-state index in [1.807, 2.05) is 0 Å². The SMILES string of the molecule is Fc1ccc(N=Nc2ccc(Cl)cc2)cc1. The molecule has 4 heteroatoms. The van der Waals surface area contributed by atoms with Crippen LogP contribution in [0.2, 0.25) is 5.02 Å². The Morgan fingerprint density at radius 2 is 1.19 bits per heavy atom. The number of hydrogen-bond donors (Lipinski definition) is 0. The second-order valence-electron chi connectivity index (χ2n) is 3.15. The van der Waals surface area contributed by atoms with E-state index in [4.69, 9.17) is 11.6 Å². The highest BCUT2D eigenvalue weighted by atomic mass is 35.5. The van der Waals surface area contributed by atoms with Crippen molar-refractivity contribution >= 4 is 23.0 Å². The standard InChI is InChI=1S/C12H8ClFN2/c13-9-1-5-11(6-2-9)15-16-12-7-3-10(14)4-8-12/h1-8H. The van der Waals surface area contributed by atoms with Gasteiger partial charge in [-0.25, -0.2) is 4.39 Å². The Hall–Kier alpha value is -1.74. The largest absolute Gasteiger partial charge is 0.207 e. The summed E-state index contributed by atoms with van der Waals surface area (Å²) in [5.41, 5.74) is 1.31. The minimum absolute atomic E-state index is 0.287. The monoisotopic (exact) mass is 234 g/mol. The Kier molecular flexibility index (Phi) is 3.27. The Bertz CT molecular complexity index is 444. The Balaban J connectivity index is 2.15. The molecule has 0 aliphatic heterocycles. The zero-order valence-electron chi connectivity index (χ0n) is 8.27. The molecule has 0 fully saturated rings. The predicted octanol–water partition coefficient (Wildman–Crippen LogP) is 4.89. The van der Waals surface area contributed by atoms with Gasteiger partial charge in [-0.05, 0) is 48.5 Å². The van der Waals surface area contributed by atoms with E-state index in [9.17, 15) is 4.39 Å². The molecule has 16 heavy (non-hydrogen) atoms. The van der Waals surface area contributed by atoms with E-state index in [0.717, 1.165) is 0 Å². The molecule has 0 aliphatic carbocycles. The number of rotatable bonds is 2. The summed E-state index contributed by atoms with van der Waals surface area (Å²) in [7, 11) is 0. The van der Waals surface area contributed by atoms with Crippen molar-refractivity contribution in [1.82, 2.24) is 0 Å². The molecule has 0 aliphatic rings. The number of azo groups is 1. The van der Waals surface area contributed by atoms with Crippen LogP contribution in [0.25, 0.3) is 0 Å². The van der Waals surface area contributed by atoms with E-state index >= 15 is 0 Å². The van der Waals surface area contributed by atoms with Crippen LogP contribution < -0.4 is 0 Å². The number of halogens is 2. The summed E-state index contributed by atoms with van der Waals surface area (Å²) >= 11 is 5.73. The highest BCUT2D eigenvalue weighted by Gasteiger charge is 1.92. The maximum absolute atomic E-state index is 12.6. The summed E-state index contributed by atoms with van der Waals surface area (Å²) in [6.07, 6.45) is 0. The molecule has 0 saturated heterocycles. The molecule has 0 bridgehead atoms. The van der Waals surface area contributed by atoms with Crippen molar-refractivity contribution in [3.05, 3.63) is 59.4 Å². The highest BCUT2D eigenvalue weighted by molar-refractivity contribution is 6.30. The van der Waals surface area contributed by atoms with E-state index in [1.54, 1.807) is 36.4 Å². The van der Waals surface area contributed by atoms with Gasteiger partial charge in [0.05, 0.1) is 11.4 Å². The van der Waals surface area contributed by atoms with Crippen molar-refractivity contribution in [3.8, 4) is 0 Å². The van der Waals surface area contributed by atoms with Gasteiger partial charge < -0.3 is 0 Å². The summed E-state index contributed by atoms with van der Waals surface area (Å²) in [5, 5.41) is 8.61. The molecule has 0 atom stereocenters. The maximum Gasteiger partial charge on any atom is 0.123 e. The van der Waals surface area contributed by atoms with Crippen molar-refractivity contribution in [2.45, 2.75) is 0 Å². The van der Waals surface area contributed by atoms with Crippen molar-refractivity contribution in [3.63, 3.8) is 0 Å². The summed E-state index contributed by atoms with van der Waals surface area (Å²) in [6, 6.07) is 12.8. The third-order valence-electron chi connectivity index (χ3n) is 1.93. The lowest BCUT2D eigenvalue weighted by Gasteiger charge is -1.93. The van der Waals surface area contributed by atoms with E-state index in [1.165, 1.54) is 12.1 Å². The first-order valence-electron chi connectivity index (χ1n) is 4.67. The van der Waals surface area contributed by atoms with Gasteiger partial charge in [-0.1, -0.05) is 11.6 Å². The van der Waals surface area contributed by atoms with Crippen LogP contribution in [-0.2, 0) is 0 Å². The summed E-state index contributed by atoms with van der Waals surface area (Å²) in [5.74, 6) is -0.287. The molecule has 2 aromatic carbocycles. The molecular formula is C12H8ClFN2. The number of benzene rings is 2. The number of hydrogen-bond acceptors (Lipinski definition) is 2.